The monoisotopic (exact) mass is 898 g/mol. The first-order valence-electron chi connectivity index (χ1n) is 20.1. The summed E-state index contributed by atoms with van der Waals surface area (Å²) in [5.74, 6) is 2.14. The predicted molar refractivity (Wildman–Crippen MR) is 222 cm³/mol. The van der Waals surface area contributed by atoms with Crippen molar-refractivity contribution in [1.82, 2.24) is 4.98 Å². The number of carbonyl (C=O) groups excluding carboxylic acids is 1. The van der Waals surface area contributed by atoms with Gasteiger partial charge in [0, 0.05) is 54.8 Å². The average Bonchev–Trinajstić information content (AvgIpc) is 3.03. The van der Waals surface area contributed by atoms with E-state index >= 15 is 0 Å². The fraction of sp³-hybridized carbons (Fsp3) is 0.542. The number of hydrogen-bond acceptors (Lipinski definition) is 4. The molecule has 0 aliphatic carbocycles. The number of aromatic nitrogens is 1. The van der Waals surface area contributed by atoms with Gasteiger partial charge in [-0.1, -0.05) is 137 Å². The molecule has 3 aromatic carbocycles. The quantitative estimate of drug-likeness (QED) is 0.0862. The van der Waals surface area contributed by atoms with Crippen molar-refractivity contribution in [2.75, 3.05) is 0 Å². The molecule has 2 heterocycles. The summed E-state index contributed by atoms with van der Waals surface area (Å²) >= 11 is 0. The molecule has 291 valence electrons. The van der Waals surface area contributed by atoms with Crippen LogP contribution in [0.1, 0.15) is 141 Å². The Bertz CT molecular complexity index is 1980. The second-order valence-electron chi connectivity index (χ2n) is 19.0. The zero-order valence-electron chi connectivity index (χ0n) is 36.1. The van der Waals surface area contributed by atoms with Crippen LogP contribution < -0.4 is 4.74 Å². The summed E-state index contributed by atoms with van der Waals surface area (Å²) in [4.78, 5) is 16.8. The standard InChI is InChI=1S/C34H40NO.C14H26O2.Ir/c1-32(2,3)18-21-10-11-25-24(14-21)17-26-30-29-23(12-13-35-30)15-22(19-33(4,5)6)16-28(29)36-31(26)27(25)20-34(7,8)9;1-6-11(7-2)12(15)10-13(16)14(5,8-3)9-4;/h10-16H,18-20H2,1-9H3;10-11,15H,6-9H2,1-5H3;/q-1;;/b;12-10-;/i13D;;. The number of benzene rings is 3. The van der Waals surface area contributed by atoms with Crippen molar-refractivity contribution in [3.8, 4) is 22.8 Å². The number of fused-ring (bicyclic) bond motifs is 3. The van der Waals surface area contributed by atoms with E-state index in [1.807, 2.05) is 40.7 Å². The second kappa shape index (κ2) is 17.2. The van der Waals surface area contributed by atoms with Crippen LogP contribution >= 0.6 is 0 Å². The summed E-state index contributed by atoms with van der Waals surface area (Å²) in [5.41, 5.74) is 5.56. The number of rotatable bonds is 10. The SMILES string of the molecule is CCC(CC)/C(O)=C/C(=O)C(C)(CC)CC.[2H]c1cc2cc(CC(C)(C)C)cc3c2c(n1)-c1[c-]c2cc(CC(C)(C)C)ccc2c(CC(C)(C)C)c1O3.[Ir]. The summed E-state index contributed by atoms with van der Waals surface area (Å²) in [6, 6.07) is 16.8. The Morgan fingerprint density at radius 2 is 1.43 bits per heavy atom. The molecule has 0 fully saturated rings. The third-order valence-electron chi connectivity index (χ3n) is 10.5. The van der Waals surface area contributed by atoms with Crippen molar-refractivity contribution < 1.29 is 36.1 Å². The van der Waals surface area contributed by atoms with Gasteiger partial charge < -0.3 is 9.84 Å². The summed E-state index contributed by atoms with van der Waals surface area (Å²) in [6.45, 7) is 30.5. The maximum atomic E-state index is 12.0. The molecule has 5 rings (SSSR count). The summed E-state index contributed by atoms with van der Waals surface area (Å²) in [6.07, 6.45) is 7.92. The van der Waals surface area contributed by atoms with Gasteiger partial charge in [-0.25, -0.2) is 0 Å². The van der Waals surface area contributed by atoms with Gasteiger partial charge in [-0.2, -0.15) is 0 Å². The van der Waals surface area contributed by atoms with E-state index in [0.29, 0.717) is 0 Å². The van der Waals surface area contributed by atoms with Crippen LogP contribution in [0.15, 0.2) is 54.4 Å². The van der Waals surface area contributed by atoms with E-state index in [9.17, 15) is 9.90 Å². The van der Waals surface area contributed by atoms with E-state index in [-0.39, 0.29) is 65.4 Å². The Labute approximate surface area is 336 Å². The maximum absolute atomic E-state index is 12.0. The maximum Gasteiger partial charge on any atom is 0.164 e. The topological polar surface area (TPSA) is 59.4 Å². The third kappa shape index (κ3) is 11.0. The van der Waals surface area contributed by atoms with Gasteiger partial charge in [-0.15, -0.1) is 17.5 Å². The molecule has 4 aromatic rings. The van der Waals surface area contributed by atoms with Crippen molar-refractivity contribution >= 4 is 27.3 Å². The Hall–Kier alpha value is -3.01. The molecule has 1 radical (unpaired) electrons. The van der Waals surface area contributed by atoms with Crippen molar-refractivity contribution in [3.63, 3.8) is 0 Å². The van der Waals surface area contributed by atoms with E-state index < -0.39 is 0 Å². The molecule has 0 saturated heterocycles. The first-order chi connectivity index (χ1) is 24.5. The van der Waals surface area contributed by atoms with Crippen LogP contribution in [-0.2, 0) is 44.2 Å². The Kier molecular flexibility index (Phi) is 13.9. The van der Waals surface area contributed by atoms with Gasteiger partial charge in [-0.05, 0) is 84.3 Å². The minimum atomic E-state index is -0.319. The molecule has 0 unspecified atom stereocenters. The van der Waals surface area contributed by atoms with E-state index in [1.54, 1.807) is 0 Å². The number of nitrogens with zero attached hydrogens (tertiary/aromatic N) is 1. The normalized spacial score (nSPS) is 13.6. The van der Waals surface area contributed by atoms with Gasteiger partial charge in [0.1, 0.15) is 5.75 Å². The van der Waals surface area contributed by atoms with Crippen molar-refractivity contribution in [3.05, 3.63) is 77.2 Å². The number of pyridine rings is 1. The molecule has 1 aromatic heterocycles. The van der Waals surface area contributed by atoms with Gasteiger partial charge in [0.15, 0.2) is 5.78 Å². The molecule has 0 spiro atoms. The molecule has 0 saturated carbocycles. The molecule has 0 atom stereocenters. The Morgan fingerprint density at radius 1 is 0.849 bits per heavy atom. The number of ether oxygens (including phenoxy) is 1. The van der Waals surface area contributed by atoms with Crippen LogP contribution in [-0.4, -0.2) is 15.9 Å². The predicted octanol–water partition coefficient (Wildman–Crippen LogP) is 14.0. The molecule has 1 N–H and O–H groups in total. The molecule has 4 nitrogen and oxygen atoms in total. The largest absolute Gasteiger partial charge is 0.512 e. The molecular formula is C48H66IrNO3-. The molecule has 1 aliphatic heterocycles. The van der Waals surface area contributed by atoms with E-state index in [2.05, 4.69) is 98.7 Å². The average molecular weight is 898 g/mol. The number of hydrogen-bond donors (Lipinski definition) is 1. The third-order valence-corrected chi connectivity index (χ3v) is 10.5. The van der Waals surface area contributed by atoms with Gasteiger partial charge in [0.05, 0.1) is 12.9 Å². The summed E-state index contributed by atoms with van der Waals surface area (Å²) in [5, 5.41) is 14.2. The van der Waals surface area contributed by atoms with E-state index in [4.69, 9.17) is 11.1 Å². The minimum absolute atomic E-state index is 0. The van der Waals surface area contributed by atoms with Crippen LogP contribution in [0.25, 0.3) is 32.8 Å². The van der Waals surface area contributed by atoms with Gasteiger partial charge in [0.2, 0.25) is 0 Å². The Morgan fingerprint density at radius 3 is 1.98 bits per heavy atom. The smallest absolute Gasteiger partial charge is 0.164 e. The summed E-state index contributed by atoms with van der Waals surface area (Å²) < 4.78 is 15.3. The zero-order chi connectivity index (χ0) is 39.7. The second-order valence-corrected chi connectivity index (χ2v) is 19.0. The fourth-order valence-corrected chi connectivity index (χ4v) is 7.23. The molecule has 53 heavy (non-hydrogen) atoms. The zero-order valence-corrected chi connectivity index (χ0v) is 37.5. The van der Waals surface area contributed by atoms with E-state index in [1.165, 1.54) is 28.2 Å². The Balaban J connectivity index is 0.000000393. The van der Waals surface area contributed by atoms with E-state index in [0.717, 1.165) is 83.9 Å². The van der Waals surface area contributed by atoms with Crippen LogP contribution in [0.3, 0.4) is 0 Å². The number of carbonyl (C=O) groups is 1. The van der Waals surface area contributed by atoms with Gasteiger partial charge >= 0.3 is 0 Å². The van der Waals surface area contributed by atoms with Crippen molar-refractivity contribution in [2.45, 2.75) is 142 Å². The first kappa shape index (κ1) is 42.7. The van der Waals surface area contributed by atoms with Crippen LogP contribution in [0.2, 0.25) is 0 Å². The fourth-order valence-electron chi connectivity index (χ4n) is 7.23. The number of allylic oxidation sites excluding steroid dienone is 2. The molecule has 0 amide bonds. The van der Waals surface area contributed by atoms with Crippen LogP contribution in [0.4, 0.5) is 0 Å². The minimum Gasteiger partial charge on any atom is -0.512 e. The first-order valence-corrected chi connectivity index (χ1v) is 19.6. The van der Waals surface area contributed by atoms with Crippen LogP contribution in [0, 0.1) is 33.6 Å². The van der Waals surface area contributed by atoms with Gasteiger partial charge in [0.25, 0.3) is 0 Å². The van der Waals surface area contributed by atoms with Gasteiger partial charge in [-0.3, -0.25) is 9.78 Å². The van der Waals surface area contributed by atoms with Crippen molar-refractivity contribution in [2.24, 2.45) is 27.6 Å². The number of aliphatic hydroxyl groups is 1. The molecule has 0 bridgehead atoms. The number of ketones is 1. The molecular weight excluding hydrogens is 831 g/mol. The van der Waals surface area contributed by atoms with Crippen LogP contribution in [0.5, 0.6) is 11.5 Å². The summed E-state index contributed by atoms with van der Waals surface area (Å²) in [7, 11) is 0. The molecule has 5 heteroatoms. The molecule has 1 aliphatic rings. The van der Waals surface area contributed by atoms with Crippen molar-refractivity contribution in [1.29, 1.82) is 0 Å². The number of aliphatic hydroxyl groups excluding tert-OH is 1.